The molecule has 0 bridgehead atoms. The lowest BCUT2D eigenvalue weighted by Crippen LogP contribution is -2.38. The Morgan fingerprint density at radius 3 is 2.80 bits per heavy atom. The third-order valence-corrected chi connectivity index (χ3v) is 4.38. The van der Waals surface area contributed by atoms with E-state index in [2.05, 4.69) is 54.5 Å². The highest BCUT2D eigenvalue weighted by Crippen LogP contribution is 2.37. The average Bonchev–Trinajstić information content (AvgIpc) is 2.87. The predicted molar refractivity (Wildman–Crippen MR) is 84.8 cm³/mol. The van der Waals surface area contributed by atoms with E-state index in [9.17, 15) is 0 Å². The van der Waals surface area contributed by atoms with Crippen LogP contribution in [-0.2, 0) is 5.54 Å². The van der Waals surface area contributed by atoms with Crippen LogP contribution in [0.25, 0.3) is 10.9 Å². The van der Waals surface area contributed by atoms with Crippen molar-refractivity contribution < 1.29 is 0 Å². The van der Waals surface area contributed by atoms with Crippen molar-refractivity contribution in [2.45, 2.75) is 45.6 Å². The van der Waals surface area contributed by atoms with Crippen molar-refractivity contribution in [3.8, 4) is 0 Å². The molecule has 1 fully saturated rings. The molecule has 106 valence electrons. The number of rotatable bonds is 3. The van der Waals surface area contributed by atoms with Crippen LogP contribution in [0.1, 0.15) is 44.4 Å². The van der Waals surface area contributed by atoms with Gasteiger partial charge >= 0.3 is 0 Å². The van der Waals surface area contributed by atoms with Crippen LogP contribution in [0.2, 0.25) is 0 Å². The van der Waals surface area contributed by atoms with Crippen molar-refractivity contribution in [3.63, 3.8) is 0 Å². The van der Waals surface area contributed by atoms with Gasteiger partial charge in [0, 0.05) is 16.6 Å². The normalized spacial score (nSPS) is 22.8. The van der Waals surface area contributed by atoms with Gasteiger partial charge in [0.05, 0.1) is 5.52 Å². The average molecular weight is 268 g/mol. The van der Waals surface area contributed by atoms with Gasteiger partial charge in [0.15, 0.2) is 0 Å². The maximum Gasteiger partial charge on any atom is 0.0705 e. The smallest absolute Gasteiger partial charge is 0.0705 e. The molecule has 2 nitrogen and oxygen atoms in total. The third kappa shape index (κ3) is 2.45. The Morgan fingerprint density at radius 2 is 2.10 bits per heavy atom. The summed E-state index contributed by atoms with van der Waals surface area (Å²) in [4.78, 5) is 4.61. The largest absolute Gasteiger partial charge is 0.307 e. The lowest BCUT2D eigenvalue weighted by molar-refractivity contribution is 0.311. The summed E-state index contributed by atoms with van der Waals surface area (Å²) in [5.41, 5.74) is 3.79. The molecule has 3 rings (SSSR count). The van der Waals surface area contributed by atoms with E-state index in [1.807, 2.05) is 6.92 Å². The van der Waals surface area contributed by atoms with Gasteiger partial charge in [0.2, 0.25) is 0 Å². The summed E-state index contributed by atoms with van der Waals surface area (Å²) < 4.78 is 0. The lowest BCUT2D eigenvalue weighted by atomic mass is 9.81. The molecule has 0 amide bonds. The molecule has 20 heavy (non-hydrogen) atoms. The quantitative estimate of drug-likeness (QED) is 0.903. The number of hydrogen-bond donors (Lipinski definition) is 1. The van der Waals surface area contributed by atoms with Crippen molar-refractivity contribution in [1.82, 2.24) is 10.3 Å². The number of benzene rings is 1. The van der Waals surface area contributed by atoms with Crippen LogP contribution in [-0.4, -0.2) is 11.5 Å². The van der Waals surface area contributed by atoms with Crippen LogP contribution >= 0.6 is 0 Å². The van der Waals surface area contributed by atoms with Crippen LogP contribution in [0.5, 0.6) is 0 Å². The number of hydrogen-bond acceptors (Lipinski definition) is 2. The van der Waals surface area contributed by atoms with E-state index in [1.54, 1.807) is 0 Å². The molecular formula is C18H24N2. The molecule has 2 heterocycles. The Kier molecular flexibility index (Phi) is 3.51. The van der Waals surface area contributed by atoms with Crippen molar-refractivity contribution in [3.05, 3.63) is 41.6 Å². The zero-order chi connectivity index (χ0) is 14.2. The molecule has 1 aromatic carbocycles. The second-order valence-corrected chi connectivity index (χ2v) is 6.57. The zero-order valence-electron chi connectivity index (χ0n) is 12.7. The molecule has 1 aliphatic heterocycles. The highest BCUT2D eigenvalue weighted by molar-refractivity contribution is 5.79. The van der Waals surface area contributed by atoms with E-state index in [0.717, 1.165) is 17.8 Å². The summed E-state index contributed by atoms with van der Waals surface area (Å²) in [5.74, 6) is 0.701. The highest BCUT2D eigenvalue weighted by Gasteiger charge is 2.35. The predicted octanol–water partition coefficient (Wildman–Crippen LogP) is 4.17. The van der Waals surface area contributed by atoms with Crippen LogP contribution in [0.3, 0.4) is 0 Å². The van der Waals surface area contributed by atoms with E-state index < -0.39 is 0 Å². The number of nitrogens with zero attached hydrogens (tertiary/aromatic N) is 1. The summed E-state index contributed by atoms with van der Waals surface area (Å²) in [6.07, 6.45) is 3.73. The van der Waals surface area contributed by atoms with Gasteiger partial charge in [-0.25, -0.2) is 0 Å². The topological polar surface area (TPSA) is 24.9 Å². The zero-order valence-corrected chi connectivity index (χ0v) is 12.7. The first-order valence-electron chi connectivity index (χ1n) is 7.72. The maximum atomic E-state index is 4.61. The minimum Gasteiger partial charge on any atom is -0.307 e. The minimum absolute atomic E-state index is 0.174. The van der Waals surface area contributed by atoms with Crippen LogP contribution in [0, 0.1) is 12.8 Å². The Balaban J connectivity index is 2.05. The van der Waals surface area contributed by atoms with E-state index in [1.165, 1.54) is 30.2 Å². The molecule has 1 unspecified atom stereocenters. The molecule has 1 atom stereocenters. The van der Waals surface area contributed by atoms with Gasteiger partial charge in [-0.1, -0.05) is 26.0 Å². The molecule has 2 aromatic rings. The summed E-state index contributed by atoms with van der Waals surface area (Å²) >= 11 is 0. The minimum atomic E-state index is 0.174. The summed E-state index contributed by atoms with van der Waals surface area (Å²) in [7, 11) is 0. The first-order chi connectivity index (χ1) is 9.59. The second-order valence-electron chi connectivity index (χ2n) is 6.57. The Hall–Kier alpha value is -1.41. The second kappa shape index (κ2) is 5.17. The summed E-state index contributed by atoms with van der Waals surface area (Å²) in [6, 6.07) is 11.1. The number of fused-ring (bicyclic) bond motifs is 1. The fourth-order valence-electron chi connectivity index (χ4n) is 3.57. The lowest BCUT2D eigenvalue weighted by Gasteiger charge is -2.32. The van der Waals surface area contributed by atoms with Crippen molar-refractivity contribution in [2.24, 2.45) is 5.92 Å². The molecule has 1 aromatic heterocycles. The number of pyridine rings is 1. The SMILES string of the molecule is Cc1ccc2cc(C3(CC(C)C)CCCN3)ccc2n1. The highest BCUT2D eigenvalue weighted by atomic mass is 15.0. The molecule has 2 heteroatoms. The van der Waals surface area contributed by atoms with Crippen molar-refractivity contribution in [2.75, 3.05) is 6.54 Å². The van der Waals surface area contributed by atoms with Crippen molar-refractivity contribution in [1.29, 1.82) is 0 Å². The number of aryl methyl sites for hydroxylation is 1. The van der Waals surface area contributed by atoms with E-state index in [4.69, 9.17) is 0 Å². The molecule has 0 saturated carbocycles. The van der Waals surface area contributed by atoms with Crippen molar-refractivity contribution >= 4 is 10.9 Å². The Labute approximate surface area is 121 Å². The van der Waals surface area contributed by atoms with E-state index in [0.29, 0.717) is 5.92 Å². The fraction of sp³-hybridized carbons (Fsp3) is 0.500. The first-order valence-corrected chi connectivity index (χ1v) is 7.72. The van der Waals surface area contributed by atoms with E-state index >= 15 is 0 Å². The van der Waals surface area contributed by atoms with Crippen LogP contribution in [0.4, 0.5) is 0 Å². The monoisotopic (exact) mass is 268 g/mol. The first kappa shape index (κ1) is 13.6. The molecule has 1 aliphatic rings. The molecular weight excluding hydrogens is 244 g/mol. The van der Waals surface area contributed by atoms with E-state index in [-0.39, 0.29) is 5.54 Å². The molecule has 0 spiro atoms. The standard InChI is InChI=1S/C18H24N2/c1-13(2)12-18(9-4-10-19-18)16-7-8-17-15(11-16)6-5-14(3)20-17/h5-8,11,13,19H,4,9-10,12H2,1-3H3. The summed E-state index contributed by atoms with van der Waals surface area (Å²) in [6.45, 7) is 7.81. The fourth-order valence-corrected chi connectivity index (χ4v) is 3.57. The molecule has 0 radical (unpaired) electrons. The Morgan fingerprint density at radius 1 is 1.25 bits per heavy atom. The molecule has 1 N–H and O–H groups in total. The van der Waals surface area contributed by atoms with Crippen LogP contribution < -0.4 is 5.32 Å². The van der Waals surface area contributed by atoms with Gasteiger partial charge in [-0.3, -0.25) is 4.98 Å². The van der Waals surface area contributed by atoms with Gasteiger partial charge in [-0.15, -0.1) is 0 Å². The number of nitrogens with one attached hydrogen (secondary N) is 1. The van der Waals surface area contributed by atoms with Gasteiger partial charge in [0.1, 0.15) is 0 Å². The van der Waals surface area contributed by atoms with Gasteiger partial charge in [-0.05, 0) is 62.4 Å². The maximum absolute atomic E-state index is 4.61. The summed E-state index contributed by atoms with van der Waals surface area (Å²) in [5, 5.41) is 5.03. The van der Waals surface area contributed by atoms with Gasteiger partial charge in [-0.2, -0.15) is 0 Å². The number of aromatic nitrogens is 1. The molecule has 1 saturated heterocycles. The third-order valence-electron chi connectivity index (χ3n) is 4.38. The Bertz CT molecular complexity index is 610. The van der Waals surface area contributed by atoms with Gasteiger partial charge in [0.25, 0.3) is 0 Å². The van der Waals surface area contributed by atoms with Crippen LogP contribution in [0.15, 0.2) is 30.3 Å². The molecule has 0 aliphatic carbocycles. The van der Waals surface area contributed by atoms with Gasteiger partial charge < -0.3 is 5.32 Å².